The van der Waals surface area contributed by atoms with Gasteiger partial charge in [0.1, 0.15) is 11.8 Å². The minimum atomic E-state index is 0.0955. The number of aliphatic hydroxyl groups excluding tert-OH is 1. The van der Waals surface area contributed by atoms with E-state index in [2.05, 4.69) is 16.4 Å². The molecule has 0 amide bonds. The summed E-state index contributed by atoms with van der Waals surface area (Å²) in [6.07, 6.45) is 2.05. The molecule has 0 bridgehead atoms. The molecular formula is C15H18N4O2. The number of nitrogens with zero attached hydrogens (tertiary/aromatic N) is 4. The summed E-state index contributed by atoms with van der Waals surface area (Å²) in [7, 11) is 0. The number of rotatable bonds is 8. The summed E-state index contributed by atoms with van der Waals surface area (Å²) in [6, 6.07) is 11.7. The first-order chi connectivity index (χ1) is 10.3. The van der Waals surface area contributed by atoms with Gasteiger partial charge >= 0.3 is 0 Å². The first-order valence-corrected chi connectivity index (χ1v) is 6.96. The Bertz CT molecular complexity index is 589. The molecule has 0 saturated carbocycles. The molecule has 110 valence electrons. The number of hydrogen-bond donors (Lipinski definition) is 1. The summed E-state index contributed by atoms with van der Waals surface area (Å²) in [5.74, 6) is 0.838. The first-order valence-electron chi connectivity index (χ1n) is 6.96. The minimum absolute atomic E-state index is 0.0955. The largest absolute Gasteiger partial charge is 0.494 e. The van der Waals surface area contributed by atoms with E-state index in [0.29, 0.717) is 31.7 Å². The third kappa shape index (κ3) is 4.29. The molecule has 0 aliphatic heterocycles. The molecule has 0 aliphatic carbocycles. The van der Waals surface area contributed by atoms with Crippen molar-refractivity contribution in [1.29, 1.82) is 5.26 Å². The Balaban J connectivity index is 1.87. The average molecular weight is 286 g/mol. The van der Waals surface area contributed by atoms with E-state index >= 15 is 0 Å². The number of aryl methyl sites for hydroxylation is 1. The smallest absolute Gasteiger partial charge is 0.185 e. The fourth-order valence-electron chi connectivity index (χ4n) is 2.01. The highest BCUT2D eigenvalue weighted by Gasteiger charge is 2.11. The summed E-state index contributed by atoms with van der Waals surface area (Å²) < 4.78 is 7.32. The fourth-order valence-corrected chi connectivity index (χ4v) is 2.01. The molecule has 0 fully saturated rings. The van der Waals surface area contributed by atoms with Gasteiger partial charge in [-0.3, -0.25) is 0 Å². The zero-order valence-electron chi connectivity index (χ0n) is 11.8. The van der Waals surface area contributed by atoms with Crippen molar-refractivity contribution in [2.75, 3.05) is 13.2 Å². The van der Waals surface area contributed by atoms with Crippen LogP contribution in [0.1, 0.15) is 24.2 Å². The van der Waals surface area contributed by atoms with Crippen molar-refractivity contribution in [3.8, 4) is 11.8 Å². The number of benzene rings is 1. The topological polar surface area (TPSA) is 84.0 Å². The van der Waals surface area contributed by atoms with Gasteiger partial charge in [-0.15, -0.1) is 5.10 Å². The maximum atomic E-state index is 9.05. The summed E-state index contributed by atoms with van der Waals surface area (Å²) in [5.41, 5.74) is 1.16. The molecule has 1 aromatic carbocycles. The maximum Gasteiger partial charge on any atom is 0.185 e. The van der Waals surface area contributed by atoms with Gasteiger partial charge in [-0.05, 0) is 31.4 Å². The van der Waals surface area contributed by atoms with E-state index in [4.69, 9.17) is 15.1 Å². The van der Waals surface area contributed by atoms with Crippen LogP contribution in [0.5, 0.6) is 5.75 Å². The first kappa shape index (κ1) is 15.0. The van der Waals surface area contributed by atoms with Crippen LogP contribution in [0, 0.1) is 11.3 Å². The molecule has 0 radical (unpaired) electrons. The normalized spacial score (nSPS) is 10.3. The quantitative estimate of drug-likeness (QED) is 0.744. The Kier molecular flexibility index (Phi) is 5.73. The predicted molar refractivity (Wildman–Crippen MR) is 76.7 cm³/mol. The molecule has 6 heteroatoms. The molecule has 1 aromatic heterocycles. The second kappa shape index (κ2) is 8.02. The molecule has 2 rings (SSSR count). The van der Waals surface area contributed by atoms with E-state index in [1.54, 1.807) is 4.68 Å². The highest BCUT2D eigenvalue weighted by molar-refractivity contribution is 5.25. The number of para-hydroxylation sites is 1. The van der Waals surface area contributed by atoms with Gasteiger partial charge < -0.3 is 9.84 Å². The molecule has 1 N–H and O–H groups in total. The van der Waals surface area contributed by atoms with Crippen molar-refractivity contribution in [1.82, 2.24) is 15.0 Å². The van der Waals surface area contributed by atoms with Crippen molar-refractivity contribution in [2.24, 2.45) is 0 Å². The molecule has 0 spiro atoms. The number of aliphatic hydroxyl groups is 1. The lowest BCUT2D eigenvalue weighted by Gasteiger charge is -2.07. The van der Waals surface area contributed by atoms with Gasteiger partial charge in [-0.2, -0.15) is 5.26 Å². The van der Waals surface area contributed by atoms with Crippen molar-refractivity contribution in [3.05, 3.63) is 41.7 Å². The molecule has 1 heterocycles. The molecule has 0 aliphatic rings. The van der Waals surface area contributed by atoms with Crippen molar-refractivity contribution >= 4 is 0 Å². The standard InChI is InChI=1S/C15H18N4O2/c16-12-14-15(19(18-17-14)9-5-10-20)8-4-11-21-13-6-2-1-3-7-13/h1-3,6-7,20H,4-5,8-11H2. The van der Waals surface area contributed by atoms with Crippen molar-refractivity contribution in [3.63, 3.8) is 0 Å². The van der Waals surface area contributed by atoms with Crippen LogP contribution < -0.4 is 4.74 Å². The highest BCUT2D eigenvalue weighted by atomic mass is 16.5. The van der Waals surface area contributed by atoms with Gasteiger partial charge in [0.25, 0.3) is 0 Å². The van der Waals surface area contributed by atoms with Crippen molar-refractivity contribution in [2.45, 2.75) is 25.8 Å². The van der Waals surface area contributed by atoms with Gasteiger partial charge in [0.15, 0.2) is 5.69 Å². The molecule has 2 aromatic rings. The minimum Gasteiger partial charge on any atom is -0.494 e. The Morgan fingerprint density at radius 3 is 2.76 bits per heavy atom. The average Bonchev–Trinajstić information content (AvgIpc) is 2.92. The van der Waals surface area contributed by atoms with Gasteiger partial charge in [0.05, 0.1) is 12.3 Å². The Labute approximate surface area is 123 Å². The van der Waals surface area contributed by atoms with Crippen LogP contribution in [0.15, 0.2) is 30.3 Å². The van der Waals surface area contributed by atoms with E-state index in [1.807, 2.05) is 30.3 Å². The van der Waals surface area contributed by atoms with Crippen LogP contribution in [0.3, 0.4) is 0 Å². The predicted octanol–water partition coefficient (Wildman–Crippen LogP) is 1.54. The van der Waals surface area contributed by atoms with Gasteiger partial charge in [-0.1, -0.05) is 23.4 Å². The molecule has 0 saturated heterocycles. The van der Waals surface area contributed by atoms with Crippen LogP contribution in [0.4, 0.5) is 0 Å². The Hall–Kier alpha value is -2.39. The van der Waals surface area contributed by atoms with Crippen LogP contribution in [0.2, 0.25) is 0 Å². The third-order valence-corrected chi connectivity index (χ3v) is 3.04. The lowest BCUT2D eigenvalue weighted by molar-refractivity contribution is 0.274. The highest BCUT2D eigenvalue weighted by Crippen LogP contribution is 2.11. The number of nitriles is 1. The lowest BCUT2D eigenvalue weighted by Crippen LogP contribution is -2.09. The summed E-state index contributed by atoms with van der Waals surface area (Å²) in [6.45, 7) is 1.23. The van der Waals surface area contributed by atoms with Gasteiger partial charge in [-0.25, -0.2) is 4.68 Å². The van der Waals surface area contributed by atoms with E-state index in [0.717, 1.165) is 17.9 Å². The summed E-state index contributed by atoms with van der Waals surface area (Å²) in [5, 5.41) is 25.7. The van der Waals surface area contributed by atoms with Crippen LogP contribution in [0.25, 0.3) is 0 Å². The summed E-state index contributed by atoms with van der Waals surface area (Å²) >= 11 is 0. The second-order valence-electron chi connectivity index (χ2n) is 4.56. The Morgan fingerprint density at radius 2 is 2.05 bits per heavy atom. The zero-order chi connectivity index (χ0) is 14.9. The fraction of sp³-hybridized carbons (Fsp3) is 0.400. The van der Waals surface area contributed by atoms with Crippen molar-refractivity contribution < 1.29 is 9.84 Å². The van der Waals surface area contributed by atoms with Gasteiger partial charge in [0, 0.05) is 13.2 Å². The number of hydrogen-bond acceptors (Lipinski definition) is 5. The zero-order valence-corrected chi connectivity index (χ0v) is 11.8. The summed E-state index contributed by atoms with van der Waals surface area (Å²) in [4.78, 5) is 0. The molecule has 21 heavy (non-hydrogen) atoms. The number of ether oxygens (including phenoxy) is 1. The second-order valence-corrected chi connectivity index (χ2v) is 4.56. The Morgan fingerprint density at radius 1 is 1.24 bits per heavy atom. The SMILES string of the molecule is N#Cc1nnn(CCCO)c1CCCOc1ccccc1. The number of aromatic nitrogens is 3. The van der Waals surface area contributed by atoms with E-state index in [1.165, 1.54) is 0 Å². The van der Waals surface area contributed by atoms with E-state index in [-0.39, 0.29) is 6.61 Å². The van der Waals surface area contributed by atoms with Gasteiger partial charge in [0.2, 0.25) is 0 Å². The molecule has 0 atom stereocenters. The molecule has 0 unspecified atom stereocenters. The van der Waals surface area contributed by atoms with Crippen LogP contribution in [-0.4, -0.2) is 33.3 Å². The van der Waals surface area contributed by atoms with Crippen LogP contribution >= 0.6 is 0 Å². The third-order valence-electron chi connectivity index (χ3n) is 3.04. The molecule has 6 nitrogen and oxygen atoms in total. The van der Waals surface area contributed by atoms with E-state index < -0.39 is 0 Å². The maximum absolute atomic E-state index is 9.05. The lowest BCUT2D eigenvalue weighted by atomic mass is 10.2. The van der Waals surface area contributed by atoms with E-state index in [9.17, 15) is 0 Å². The molecular weight excluding hydrogens is 268 g/mol. The van der Waals surface area contributed by atoms with Crippen LogP contribution in [-0.2, 0) is 13.0 Å². The monoisotopic (exact) mass is 286 g/mol.